The molecule has 3 amide bonds. The molecular formula is C28H25IN2O5S. The number of amides is 3. The lowest BCUT2D eigenvalue weighted by atomic mass is 10.1. The Morgan fingerprint density at radius 1 is 1.05 bits per heavy atom. The highest BCUT2D eigenvalue weighted by atomic mass is 127. The van der Waals surface area contributed by atoms with Crippen LogP contribution < -0.4 is 14.8 Å². The summed E-state index contributed by atoms with van der Waals surface area (Å²) in [6, 6.07) is 18.5. The molecule has 1 fully saturated rings. The van der Waals surface area contributed by atoms with E-state index < -0.39 is 0 Å². The maximum absolute atomic E-state index is 12.9. The topological polar surface area (TPSA) is 84.9 Å². The van der Waals surface area contributed by atoms with E-state index in [1.165, 1.54) is 12.0 Å². The van der Waals surface area contributed by atoms with Crippen LogP contribution in [0, 0.1) is 17.4 Å². The Morgan fingerprint density at radius 2 is 1.81 bits per heavy atom. The van der Waals surface area contributed by atoms with Gasteiger partial charge in [0.05, 0.1) is 18.6 Å². The molecule has 0 aromatic heterocycles. The molecule has 7 nitrogen and oxygen atoms in total. The van der Waals surface area contributed by atoms with E-state index in [9.17, 15) is 14.4 Å². The van der Waals surface area contributed by atoms with Gasteiger partial charge >= 0.3 is 0 Å². The lowest BCUT2D eigenvalue weighted by molar-refractivity contribution is -0.123. The highest BCUT2D eigenvalue weighted by molar-refractivity contribution is 14.1. The molecule has 1 N–H and O–H groups in total. The van der Waals surface area contributed by atoms with Crippen LogP contribution in [0.25, 0.3) is 6.08 Å². The van der Waals surface area contributed by atoms with Crippen LogP contribution in [-0.2, 0) is 16.1 Å². The van der Waals surface area contributed by atoms with Crippen molar-refractivity contribution in [2.24, 2.45) is 0 Å². The molecule has 0 saturated carbocycles. The smallest absolute Gasteiger partial charge is 0.293 e. The number of rotatable bonds is 8. The number of thioether (sulfide) groups is 1. The van der Waals surface area contributed by atoms with Gasteiger partial charge in [0.1, 0.15) is 0 Å². The minimum absolute atomic E-state index is 0.194. The SMILES string of the molecule is COc1cc(/C=C2\SC(=O)N(Cc3ccc(I)cc3)C2=O)ccc1OCC(=O)Nc1cccc(C)c1C. The molecule has 37 heavy (non-hydrogen) atoms. The zero-order chi connectivity index (χ0) is 26.5. The van der Waals surface area contributed by atoms with Gasteiger partial charge in [-0.2, -0.15) is 0 Å². The fraction of sp³-hybridized carbons (Fsp3) is 0.179. The standard InChI is InChI=1S/C28H25IN2O5S/c1-17-5-4-6-22(18(17)2)30-26(32)16-36-23-12-9-20(13-24(23)35-3)14-25-27(33)31(28(34)37-25)15-19-7-10-21(29)11-8-19/h4-14H,15-16H2,1-3H3,(H,30,32)/b25-14-. The van der Waals surface area contributed by atoms with E-state index in [2.05, 4.69) is 27.9 Å². The van der Waals surface area contributed by atoms with Gasteiger partial charge in [-0.3, -0.25) is 19.3 Å². The number of aryl methyl sites for hydroxylation is 1. The lowest BCUT2D eigenvalue weighted by Gasteiger charge is -2.13. The Kier molecular flexibility index (Phi) is 8.55. The molecule has 0 radical (unpaired) electrons. The van der Waals surface area contributed by atoms with Crippen molar-refractivity contribution < 1.29 is 23.9 Å². The van der Waals surface area contributed by atoms with Crippen LogP contribution in [0.3, 0.4) is 0 Å². The molecular weight excluding hydrogens is 603 g/mol. The van der Waals surface area contributed by atoms with E-state index in [4.69, 9.17) is 9.47 Å². The highest BCUT2D eigenvalue weighted by Crippen LogP contribution is 2.35. The number of benzene rings is 3. The molecule has 190 valence electrons. The van der Waals surface area contributed by atoms with Gasteiger partial charge in [-0.1, -0.05) is 30.3 Å². The summed E-state index contributed by atoms with van der Waals surface area (Å²) in [7, 11) is 1.50. The Labute approximate surface area is 233 Å². The quantitative estimate of drug-likeness (QED) is 0.237. The molecule has 1 heterocycles. The number of anilines is 1. The van der Waals surface area contributed by atoms with Crippen LogP contribution in [0.4, 0.5) is 10.5 Å². The Hall–Kier alpha value is -3.31. The largest absolute Gasteiger partial charge is 0.493 e. The van der Waals surface area contributed by atoms with Crippen LogP contribution in [0.15, 0.2) is 65.6 Å². The molecule has 4 rings (SSSR count). The summed E-state index contributed by atoms with van der Waals surface area (Å²) >= 11 is 3.11. The normalized spacial score (nSPS) is 14.3. The number of halogens is 1. The summed E-state index contributed by atoms with van der Waals surface area (Å²) < 4.78 is 12.2. The fourth-order valence-electron chi connectivity index (χ4n) is 3.67. The summed E-state index contributed by atoms with van der Waals surface area (Å²) in [5, 5.41) is 2.55. The van der Waals surface area contributed by atoms with Gasteiger partial charge in [0.15, 0.2) is 18.1 Å². The van der Waals surface area contributed by atoms with Gasteiger partial charge in [-0.15, -0.1) is 0 Å². The summed E-state index contributed by atoms with van der Waals surface area (Å²) in [5.74, 6) is 0.173. The number of hydrogen-bond acceptors (Lipinski definition) is 6. The number of methoxy groups -OCH3 is 1. The lowest BCUT2D eigenvalue weighted by Crippen LogP contribution is -2.27. The second kappa shape index (κ2) is 11.8. The number of ether oxygens (including phenoxy) is 2. The first kappa shape index (κ1) is 26.7. The van der Waals surface area contributed by atoms with Crippen LogP contribution in [0.2, 0.25) is 0 Å². The second-order valence-corrected chi connectivity index (χ2v) is 10.6. The van der Waals surface area contributed by atoms with E-state index in [1.807, 2.05) is 56.3 Å². The van der Waals surface area contributed by atoms with Crippen LogP contribution in [0.5, 0.6) is 11.5 Å². The molecule has 0 atom stereocenters. The first-order valence-corrected chi connectivity index (χ1v) is 13.3. The van der Waals surface area contributed by atoms with Crippen molar-refractivity contribution in [1.82, 2.24) is 4.90 Å². The summed E-state index contributed by atoms with van der Waals surface area (Å²) in [6.45, 7) is 3.96. The molecule has 1 saturated heterocycles. The first-order chi connectivity index (χ1) is 17.7. The summed E-state index contributed by atoms with van der Waals surface area (Å²) in [5.41, 5.74) is 4.38. The second-order valence-electron chi connectivity index (χ2n) is 8.39. The molecule has 9 heteroatoms. The molecule has 0 bridgehead atoms. The minimum atomic E-state index is -0.337. The van der Waals surface area contributed by atoms with E-state index in [0.29, 0.717) is 22.0 Å². The summed E-state index contributed by atoms with van der Waals surface area (Å²) in [6.07, 6.45) is 1.65. The fourth-order valence-corrected chi connectivity index (χ4v) is 4.87. The number of nitrogens with one attached hydrogen (secondary N) is 1. The van der Waals surface area contributed by atoms with Crippen molar-refractivity contribution in [3.8, 4) is 11.5 Å². The minimum Gasteiger partial charge on any atom is -0.493 e. The maximum Gasteiger partial charge on any atom is 0.293 e. The maximum atomic E-state index is 12.9. The van der Waals surface area contributed by atoms with E-state index >= 15 is 0 Å². The van der Waals surface area contributed by atoms with Gasteiger partial charge in [-0.25, -0.2) is 0 Å². The number of nitrogens with zero attached hydrogens (tertiary/aromatic N) is 1. The van der Waals surface area contributed by atoms with Crippen molar-refractivity contribution in [3.05, 3.63) is 91.4 Å². The molecule has 3 aromatic carbocycles. The van der Waals surface area contributed by atoms with E-state index in [1.54, 1.807) is 24.3 Å². The van der Waals surface area contributed by atoms with Crippen LogP contribution in [0.1, 0.15) is 22.3 Å². The first-order valence-electron chi connectivity index (χ1n) is 11.4. The third-order valence-corrected chi connectivity index (χ3v) is 7.48. The third-order valence-electron chi connectivity index (χ3n) is 5.85. The number of carbonyl (C=O) groups excluding carboxylic acids is 3. The van der Waals surface area contributed by atoms with E-state index in [-0.39, 0.29) is 30.2 Å². The van der Waals surface area contributed by atoms with Crippen LogP contribution in [-0.4, -0.2) is 35.7 Å². The molecule has 3 aromatic rings. The summed E-state index contributed by atoms with van der Waals surface area (Å²) in [4.78, 5) is 39.4. The van der Waals surface area contributed by atoms with Crippen molar-refractivity contribution >= 4 is 63.2 Å². The van der Waals surface area contributed by atoms with Crippen molar-refractivity contribution in [3.63, 3.8) is 0 Å². The Bertz CT molecular complexity index is 1390. The van der Waals surface area contributed by atoms with Gasteiger partial charge in [0.2, 0.25) is 0 Å². The van der Waals surface area contributed by atoms with Crippen molar-refractivity contribution in [2.45, 2.75) is 20.4 Å². The zero-order valence-electron chi connectivity index (χ0n) is 20.5. The number of carbonyl (C=O) groups is 3. The van der Waals surface area contributed by atoms with Crippen LogP contribution >= 0.6 is 34.4 Å². The predicted molar refractivity (Wildman–Crippen MR) is 154 cm³/mol. The highest BCUT2D eigenvalue weighted by Gasteiger charge is 2.35. The monoisotopic (exact) mass is 628 g/mol. The van der Waals surface area contributed by atoms with Crippen molar-refractivity contribution in [2.75, 3.05) is 19.0 Å². The predicted octanol–water partition coefficient (Wildman–Crippen LogP) is 6.17. The molecule has 1 aliphatic heterocycles. The zero-order valence-corrected chi connectivity index (χ0v) is 23.5. The Morgan fingerprint density at radius 3 is 2.54 bits per heavy atom. The van der Waals surface area contributed by atoms with Gasteiger partial charge < -0.3 is 14.8 Å². The molecule has 1 aliphatic rings. The Balaban J connectivity index is 1.42. The average molecular weight is 628 g/mol. The molecule has 0 unspecified atom stereocenters. The van der Waals surface area contributed by atoms with E-state index in [0.717, 1.165) is 37.7 Å². The third kappa shape index (κ3) is 6.53. The molecule has 0 spiro atoms. The molecule has 0 aliphatic carbocycles. The van der Waals surface area contributed by atoms with Crippen molar-refractivity contribution in [1.29, 1.82) is 0 Å². The van der Waals surface area contributed by atoms with Gasteiger partial charge in [0, 0.05) is 9.26 Å². The average Bonchev–Trinajstić information content (AvgIpc) is 3.14. The number of imide groups is 1. The van der Waals surface area contributed by atoms with Gasteiger partial charge in [0.25, 0.3) is 17.1 Å². The van der Waals surface area contributed by atoms with Gasteiger partial charge in [-0.05, 0) is 107 Å². The number of hydrogen-bond donors (Lipinski definition) is 1.